The fourth-order valence-electron chi connectivity index (χ4n) is 1.48. The Morgan fingerprint density at radius 2 is 1.71 bits per heavy atom. The Labute approximate surface area is 116 Å². The van der Waals surface area contributed by atoms with Crippen molar-refractivity contribution in [3.8, 4) is 0 Å². The van der Waals surface area contributed by atoms with Crippen molar-refractivity contribution in [1.29, 1.82) is 0 Å². The summed E-state index contributed by atoms with van der Waals surface area (Å²) in [6, 6.07) is 5.52. The maximum absolute atomic E-state index is 12.5. The first-order valence-electron chi connectivity index (χ1n) is 5.09. The zero-order valence-electron chi connectivity index (χ0n) is 9.32. The molecule has 0 radical (unpaired) electrons. The molecule has 96 valence electrons. The summed E-state index contributed by atoms with van der Waals surface area (Å²) < 4.78 is 37.6. The van der Waals surface area contributed by atoms with Crippen LogP contribution in [-0.4, -0.2) is 10.7 Å². The fourth-order valence-corrected chi connectivity index (χ4v) is 2.81. The van der Waals surface area contributed by atoms with Gasteiger partial charge in [-0.2, -0.15) is 13.2 Å². The van der Waals surface area contributed by atoms with Crippen molar-refractivity contribution in [2.24, 2.45) is 5.41 Å². The Hall–Kier alpha value is -0.0300. The Kier molecular flexibility index (Phi) is 5.07. The van der Waals surface area contributed by atoms with Crippen molar-refractivity contribution in [3.63, 3.8) is 0 Å². The van der Waals surface area contributed by atoms with Crippen LogP contribution < -0.4 is 0 Å². The van der Waals surface area contributed by atoms with E-state index >= 15 is 0 Å². The number of alkyl halides is 5. The summed E-state index contributed by atoms with van der Waals surface area (Å²) in [4.78, 5) is 0. The van der Waals surface area contributed by atoms with Crippen LogP contribution in [-0.2, 0) is 12.6 Å². The lowest BCUT2D eigenvalue weighted by atomic mass is 9.87. The second kappa shape index (κ2) is 5.74. The molecule has 0 unspecified atom stereocenters. The highest BCUT2D eigenvalue weighted by atomic mass is 79.9. The minimum Gasteiger partial charge on any atom is -0.166 e. The molecule has 0 aliphatic rings. The van der Waals surface area contributed by atoms with Crippen molar-refractivity contribution in [2.45, 2.75) is 19.5 Å². The van der Waals surface area contributed by atoms with Gasteiger partial charge in [-0.05, 0) is 23.5 Å². The van der Waals surface area contributed by atoms with Crippen LogP contribution in [0.3, 0.4) is 0 Å². The van der Waals surface area contributed by atoms with Crippen LogP contribution in [0.1, 0.15) is 18.1 Å². The molecule has 0 heterocycles. The summed E-state index contributed by atoms with van der Waals surface area (Å²) in [5.41, 5.74) is 0.0484. The van der Waals surface area contributed by atoms with Crippen molar-refractivity contribution in [3.05, 3.63) is 35.4 Å². The summed E-state index contributed by atoms with van der Waals surface area (Å²) >= 11 is 6.79. The van der Waals surface area contributed by atoms with E-state index in [0.29, 0.717) is 12.0 Å². The van der Waals surface area contributed by atoms with Crippen LogP contribution in [0.2, 0.25) is 0 Å². The molecule has 0 atom stereocenters. The van der Waals surface area contributed by atoms with E-state index in [9.17, 15) is 13.2 Å². The van der Waals surface area contributed by atoms with E-state index in [1.54, 1.807) is 6.07 Å². The lowest BCUT2D eigenvalue weighted by molar-refractivity contribution is -0.137. The molecule has 0 bridgehead atoms. The van der Waals surface area contributed by atoms with Crippen LogP contribution in [0, 0.1) is 5.41 Å². The lowest BCUT2D eigenvalue weighted by Crippen LogP contribution is -2.23. The van der Waals surface area contributed by atoms with E-state index in [1.807, 2.05) is 6.92 Å². The van der Waals surface area contributed by atoms with Gasteiger partial charge in [0.1, 0.15) is 0 Å². The van der Waals surface area contributed by atoms with Crippen molar-refractivity contribution >= 4 is 31.9 Å². The third kappa shape index (κ3) is 4.28. The van der Waals surface area contributed by atoms with Gasteiger partial charge in [-0.15, -0.1) is 0 Å². The molecule has 0 nitrogen and oxygen atoms in total. The van der Waals surface area contributed by atoms with Gasteiger partial charge in [0.25, 0.3) is 0 Å². The summed E-state index contributed by atoms with van der Waals surface area (Å²) in [5, 5.41) is 1.48. The van der Waals surface area contributed by atoms with Gasteiger partial charge in [-0.3, -0.25) is 0 Å². The van der Waals surface area contributed by atoms with Crippen LogP contribution in [0.5, 0.6) is 0 Å². The van der Waals surface area contributed by atoms with Gasteiger partial charge >= 0.3 is 6.18 Å². The third-order valence-electron chi connectivity index (χ3n) is 2.53. The summed E-state index contributed by atoms with van der Waals surface area (Å²) in [7, 11) is 0. The highest BCUT2D eigenvalue weighted by Gasteiger charge is 2.31. The van der Waals surface area contributed by atoms with Gasteiger partial charge in [-0.25, -0.2) is 0 Å². The Bertz CT molecular complexity index is 370. The van der Waals surface area contributed by atoms with E-state index in [4.69, 9.17) is 0 Å². The molecule has 0 aliphatic carbocycles. The average molecular weight is 374 g/mol. The van der Waals surface area contributed by atoms with E-state index in [-0.39, 0.29) is 5.41 Å². The number of hydrogen-bond donors (Lipinski definition) is 0. The monoisotopic (exact) mass is 372 g/mol. The molecule has 17 heavy (non-hydrogen) atoms. The molecule has 0 saturated heterocycles. The van der Waals surface area contributed by atoms with Gasteiger partial charge in [0.15, 0.2) is 0 Å². The largest absolute Gasteiger partial charge is 0.416 e. The maximum atomic E-state index is 12.5. The topological polar surface area (TPSA) is 0 Å². The van der Waals surface area contributed by atoms with Crippen LogP contribution in [0.15, 0.2) is 24.3 Å². The highest BCUT2D eigenvalue weighted by Crippen LogP contribution is 2.32. The van der Waals surface area contributed by atoms with Gasteiger partial charge in [0.2, 0.25) is 0 Å². The molecule has 5 heteroatoms. The Morgan fingerprint density at radius 3 is 2.18 bits per heavy atom. The van der Waals surface area contributed by atoms with Gasteiger partial charge in [0, 0.05) is 10.7 Å². The smallest absolute Gasteiger partial charge is 0.166 e. The molecule has 0 aromatic heterocycles. The van der Waals surface area contributed by atoms with Crippen LogP contribution >= 0.6 is 31.9 Å². The van der Waals surface area contributed by atoms with Crippen molar-refractivity contribution in [2.75, 3.05) is 10.7 Å². The van der Waals surface area contributed by atoms with E-state index in [1.165, 1.54) is 12.1 Å². The SMILES string of the molecule is CC(CBr)(CBr)Cc1cccc(C(F)(F)F)c1. The first kappa shape index (κ1) is 15.0. The molecule has 0 spiro atoms. The number of halogens is 5. The lowest BCUT2D eigenvalue weighted by Gasteiger charge is -2.25. The minimum atomic E-state index is -4.27. The summed E-state index contributed by atoms with van der Waals surface area (Å²) in [6.07, 6.45) is -3.66. The molecular formula is C12H13Br2F3. The second-order valence-corrected chi connectivity index (χ2v) is 5.57. The number of hydrogen-bond acceptors (Lipinski definition) is 0. The normalized spacial score (nSPS) is 12.8. The van der Waals surface area contributed by atoms with E-state index in [0.717, 1.165) is 16.7 Å². The van der Waals surface area contributed by atoms with Gasteiger partial charge in [-0.1, -0.05) is 57.0 Å². The molecule has 1 aromatic carbocycles. The first-order chi connectivity index (χ1) is 7.80. The van der Waals surface area contributed by atoms with E-state index < -0.39 is 11.7 Å². The molecule has 0 aliphatic heterocycles. The highest BCUT2D eigenvalue weighted by molar-refractivity contribution is 9.09. The molecule has 0 fully saturated rings. The minimum absolute atomic E-state index is 0.0791. The van der Waals surface area contributed by atoms with Gasteiger partial charge < -0.3 is 0 Å². The quantitative estimate of drug-likeness (QED) is 0.648. The molecular weight excluding hydrogens is 361 g/mol. The molecule has 1 rings (SSSR count). The zero-order chi connectivity index (χ0) is 13.1. The molecule has 0 N–H and O–H groups in total. The zero-order valence-corrected chi connectivity index (χ0v) is 12.5. The third-order valence-corrected chi connectivity index (χ3v) is 5.24. The summed E-state index contributed by atoms with van der Waals surface area (Å²) in [6.45, 7) is 2.02. The van der Waals surface area contributed by atoms with Crippen molar-refractivity contribution < 1.29 is 13.2 Å². The van der Waals surface area contributed by atoms with E-state index in [2.05, 4.69) is 31.9 Å². The standard InChI is InChI=1S/C12H13Br2F3/c1-11(7-13,8-14)6-9-3-2-4-10(5-9)12(15,16)17/h2-5H,6-8H2,1H3. The Balaban J connectivity index is 2.93. The number of benzene rings is 1. The predicted molar refractivity (Wildman–Crippen MR) is 70.8 cm³/mol. The molecule has 1 aromatic rings. The second-order valence-electron chi connectivity index (χ2n) is 4.45. The number of rotatable bonds is 4. The summed E-state index contributed by atoms with van der Waals surface area (Å²) in [5.74, 6) is 0. The average Bonchev–Trinajstić information content (AvgIpc) is 2.28. The fraction of sp³-hybridized carbons (Fsp3) is 0.500. The van der Waals surface area contributed by atoms with Gasteiger partial charge in [0.05, 0.1) is 5.56 Å². The predicted octanol–water partition coefficient (Wildman–Crippen LogP) is 5.04. The van der Waals surface area contributed by atoms with Crippen LogP contribution in [0.4, 0.5) is 13.2 Å². The molecule has 0 amide bonds. The molecule has 0 saturated carbocycles. The first-order valence-corrected chi connectivity index (χ1v) is 7.33. The Morgan fingerprint density at radius 1 is 1.12 bits per heavy atom. The van der Waals surface area contributed by atoms with Crippen LogP contribution in [0.25, 0.3) is 0 Å². The maximum Gasteiger partial charge on any atom is 0.416 e. The van der Waals surface area contributed by atoms with Crippen molar-refractivity contribution in [1.82, 2.24) is 0 Å².